The van der Waals surface area contributed by atoms with E-state index in [0.717, 1.165) is 4.90 Å². The summed E-state index contributed by atoms with van der Waals surface area (Å²) in [5.74, 6) is 0.622. The SMILES string of the molecule is CSc1cccc(Oc2ccc([N+](=O)[O-])cc2Cl)c1C#N. The van der Waals surface area contributed by atoms with E-state index in [1.54, 1.807) is 12.1 Å². The zero-order valence-corrected chi connectivity index (χ0v) is 12.4. The number of nitriles is 1. The summed E-state index contributed by atoms with van der Waals surface area (Å²) in [4.78, 5) is 10.9. The lowest BCUT2D eigenvalue weighted by atomic mass is 10.2. The topological polar surface area (TPSA) is 76.2 Å². The Labute approximate surface area is 130 Å². The Kier molecular flexibility index (Phi) is 4.68. The quantitative estimate of drug-likeness (QED) is 0.466. The molecule has 21 heavy (non-hydrogen) atoms. The van der Waals surface area contributed by atoms with Gasteiger partial charge < -0.3 is 4.74 Å². The molecule has 0 saturated heterocycles. The number of benzene rings is 2. The van der Waals surface area contributed by atoms with E-state index < -0.39 is 4.92 Å². The van der Waals surface area contributed by atoms with Crippen LogP contribution in [0.5, 0.6) is 11.5 Å². The molecule has 0 bridgehead atoms. The minimum atomic E-state index is -0.537. The van der Waals surface area contributed by atoms with E-state index >= 15 is 0 Å². The molecule has 0 spiro atoms. The monoisotopic (exact) mass is 320 g/mol. The van der Waals surface area contributed by atoms with E-state index in [0.29, 0.717) is 11.3 Å². The molecule has 2 aromatic rings. The molecule has 0 amide bonds. The number of halogens is 1. The van der Waals surface area contributed by atoms with Crippen molar-refractivity contribution in [2.24, 2.45) is 0 Å². The van der Waals surface area contributed by atoms with Gasteiger partial charge in [0.2, 0.25) is 0 Å². The van der Waals surface area contributed by atoms with Crippen molar-refractivity contribution in [3.05, 3.63) is 57.1 Å². The van der Waals surface area contributed by atoms with Gasteiger partial charge in [0.25, 0.3) is 5.69 Å². The van der Waals surface area contributed by atoms with Crippen LogP contribution in [-0.4, -0.2) is 11.2 Å². The molecule has 0 saturated carbocycles. The van der Waals surface area contributed by atoms with Crippen molar-refractivity contribution in [3.8, 4) is 17.6 Å². The highest BCUT2D eigenvalue weighted by Gasteiger charge is 2.14. The Morgan fingerprint density at radius 3 is 2.67 bits per heavy atom. The lowest BCUT2D eigenvalue weighted by Gasteiger charge is -2.10. The fraction of sp³-hybridized carbons (Fsp3) is 0.0714. The largest absolute Gasteiger partial charge is 0.454 e. The molecule has 0 aliphatic heterocycles. The third-order valence-corrected chi connectivity index (χ3v) is 3.74. The molecule has 0 heterocycles. The van der Waals surface area contributed by atoms with E-state index in [9.17, 15) is 15.4 Å². The van der Waals surface area contributed by atoms with Gasteiger partial charge >= 0.3 is 0 Å². The van der Waals surface area contributed by atoms with Gasteiger partial charge in [-0.3, -0.25) is 10.1 Å². The van der Waals surface area contributed by atoms with Crippen LogP contribution >= 0.6 is 23.4 Å². The van der Waals surface area contributed by atoms with Crippen molar-refractivity contribution in [1.29, 1.82) is 5.26 Å². The van der Waals surface area contributed by atoms with Gasteiger partial charge in [0.05, 0.1) is 9.95 Å². The summed E-state index contributed by atoms with van der Waals surface area (Å²) in [6.07, 6.45) is 1.86. The average Bonchev–Trinajstić information content (AvgIpc) is 2.48. The number of rotatable bonds is 4. The number of nitro groups is 1. The Bertz CT molecular complexity index is 743. The fourth-order valence-corrected chi connectivity index (χ4v) is 2.46. The van der Waals surface area contributed by atoms with E-state index in [4.69, 9.17) is 16.3 Å². The molecule has 0 aromatic heterocycles. The molecule has 0 N–H and O–H groups in total. The molecule has 2 rings (SSSR count). The molecule has 2 aromatic carbocycles. The van der Waals surface area contributed by atoms with Crippen LogP contribution in [0.2, 0.25) is 5.02 Å². The third-order valence-electron chi connectivity index (χ3n) is 2.67. The third kappa shape index (κ3) is 3.27. The lowest BCUT2D eigenvalue weighted by Crippen LogP contribution is -1.92. The number of non-ortho nitro benzene ring substituents is 1. The van der Waals surface area contributed by atoms with E-state index in [1.807, 2.05) is 12.3 Å². The van der Waals surface area contributed by atoms with Crippen molar-refractivity contribution in [1.82, 2.24) is 0 Å². The maximum Gasteiger partial charge on any atom is 0.271 e. The fourth-order valence-electron chi connectivity index (χ4n) is 1.68. The van der Waals surface area contributed by atoms with Crippen LogP contribution in [0.4, 0.5) is 5.69 Å². The first-order chi connectivity index (χ1) is 10.1. The molecular weight excluding hydrogens is 312 g/mol. The van der Waals surface area contributed by atoms with Crippen LogP contribution in [0.3, 0.4) is 0 Å². The van der Waals surface area contributed by atoms with Gasteiger partial charge in [-0.1, -0.05) is 17.7 Å². The second-order valence-electron chi connectivity index (χ2n) is 3.92. The second-order valence-corrected chi connectivity index (χ2v) is 5.17. The molecule has 0 aliphatic carbocycles. The summed E-state index contributed by atoms with van der Waals surface area (Å²) in [6.45, 7) is 0. The van der Waals surface area contributed by atoms with Gasteiger partial charge in [0, 0.05) is 17.0 Å². The first kappa shape index (κ1) is 15.2. The van der Waals surface area contributed by atoms with Crippen LogP contribution in [0, 0.1) is 21.4 Å². The lowest BCUT2D eigenvalue weighted by molar-refractivity contribution is -0.384. The van der Waals surface area contributed by atoms with Gasteiger partial charge in [-0.2, -0.15) is 5.26 Å². The smallest absolute Gasteiger partial charge is 0.271 e. The summed E-state index contributed by atoms with van der Waals surface area (Å²) in [7, 11) is 0. The summed E-state index contributed by atoms with van der Waals surface area (Å²) in [5, 5.41) is 20.0. The van der Waals surface area contributed by atoms with Crippen LogP contribution < -0.4 is 4.74 Å². The highest BCUT2D eigenvalue weighted by Crippen LogP contribution is 2.35. The zero-order valence-electron chi connectivity index (χ0n) is 10.9. The van der Waals surface area contributed by atoms with Gasteiger partial charge in [-0.15, -0.1) is 11.8 Å². The summed E-state index contributed by atoms with van der Waals surface area (Å²) < 4.78 is 5.62. The molecular formula is C14H9ClN2O3S. The molecule has 0 atom stereocenters. The summed E-state index contributed by atoms with van der Waals surface area (Å²) >= 11 is 7.41. The predicted molar refractivity (Wildman–Crippen MR) is 81.1 cm³/mol. The zero-order chi connectivity index (χ0) is 15.4. The van der Waals surface area contributed by atoms with Crippen LogP contribution in [0.1, 0.15) is 5.56 Å². The van der Waals surface area contributed by atoms with Crippen molar-refractivity contribution in [2.45, 2.75) is 4.90 Å². The minimum Gasteiger partial charge on any atom is -0.454 e. The normalized spacial score (nSPS) is 9.95. The van der Waals surface area contributed by atoms with Crippen molar-refractivity contribution in [2.75, 3.05) is 6.26 Å². The van der Waals surface area contributed by atoms with Gasteiger partial charge in [-0.25, -0.2) is 0 Å². The van der Waals surface area contributed by atoms with E-state index in [1.165, 1.54) is 30.0 Å². The number of hydrogen-bond acceptors (Lipinski definition) is 5. The van der Waals surface area contributed by atoms with Gasteiger partial charge in [0.15, 0.2) is 0 Å². The van der Waals surface area contributed by atoms with E-state index in [2.05, 4.69) is 6.07 Å². The maximum atomic E-state index is 10.7. The number of ether oxygens (including phenoxy) is 1. The molecule has 5 nitrogen and oxygen atoms in total. The van der Waals surface area contributed by atoms with Crippen LogP contribution in [0.15, 0.2) is 41.3 Å². The first-order valence-corrected chi connectivity index (χ1v) is 7.36. The highest BCUT2D eigenvalue weighted by atomic mass is 35.5. The van der Waals surface area contributed by atoms with Crippen LogP contribution in [0.25, 0.3) is 0 Å². The molecule has 7 heteroatoms. The Hall–Kier alpha value is -2.23. The standard InChI is InChI=1S/C14H9ClN2O3S/c1-21-14-4-2-3-12(10(14)8-16)20-13-6-5-9(17(18)19)7-11(13)15/h2-7H,1H3. The van der Waals surface area contributed by atoms with Crippen molar-refractivity contribution in [3.63, 3.8) is 0 Å². The number of nitro benzene ring substituents is 1. The minimum absolute atomic E-state index is 0.114. The molecule has 0 fully saturated rings. The Balaban J connectivity index is 2.39. The Morgan fingerprint density at radius 2 is 2.10 bits per heavy atom. The number of thioether (sulfide) groups is 1. The van der Waals surface area contributed by atoms with Crippen molar-refractivity contribution >= 4 is 29.1 Å². The van der Waals surface area contributed by atoms with Gasteiger partial charge in [-0.05, 0) is 24.5 Å². The van der Waals surface area contributed by atoms with Crippen molar-refractivity contribution < 1.29 is 9.66 Å². The number of nitrogens with zero attached hydrogens (tertiary/aromatic N) is 2. The first-order valence-electron chi connectivity index (χ1n) is 5.75. The maximum absolute atomic E-state index is 10.7. The molecule has 0 aliphatic rings. The Morgan fingerprint density at radius 1 is 1.33 bits per heavy atom. The number of hydrogen-bond donors (Lipinski definition) is 0. The van der Waals surface area contributed by atoms with E-state index in [-0.39, 0.29) is 16.5 Å². The second kappa shape index (κ2) is 6.48. The molecule has 0 radical (unpaired) electrons. The predicted octanol–water partition coefficient (Wildman–Crippen LogP) is 4.63. The molecule has 106 valence electrons. The van der Waals surface area contributed by atoms with Crippen LogP contribution in [-0.2, 0) is 0 Å². The molecule has 0 unspecified atom stereocenters. The van der Waals surface area contributed by atoms with Gasteiger partial charge in [0.1, 0.15) is 23.1 Å². The average molecular weight is 321 g/mol. The summed E-state index contributed by atoms with van der Waals surface area (Å²) in [6, 6.07) is 11.2. The highest BCUT2D eigenvalue weighted by molar-refractivity contribution is 7.98. The summed E-state index contributed by atoms with van der Waals surface area (Å²) in [5.41, 5.74) is 0.283.